The fourth-order valence-electron chi connectivity index (χ4n) is 6.21. The van der Waals surface area contributed by atoms with E-state index < -0.39 is 0 Å². The molecule has 1 saturated carbocycles. The van der Waals surface area contributed by atoms with Crippen LogP contribution in [-0.2, 0) is 33.6 Å². The molecule has 2 fully saturated rings. The van der Waals surface area contributed by atoms with Crippen molar-refractivity contribution in [2.45, 2.75) is 57.9 Å². The summed E-state index contributed by atoms with van der Waals surface area (Å²) >= 11 is 0. The van der Waals surface area contributed by atoms with Crippen LogP contribution in [-0.4, -0.2) is 68.6 Å². The Kier molecular flexibility index (Phi) is 6.40. The van der Waals surface area contributed by atoms with Crippen LogP contribution in [0, 0.1) is 11.8 Å². The summed E-state index contributed by atoms with van der Waals surface area (Å²) in [7, 11) is 0. The van der Waals surface area contributed by atoms with E-state index in [4.69, 9.17) is 19.4 Å². The summed E-state index contributed by atoms with van der Waals surface area (Å²) < 4.78 is 13.1. The molecule has 2 aliphatic carbocycles. The van der Waals surface area contributed by atoms with Crippen LogP contribution in [0.25, 0.3) is 17.2 Å². The smallest absolute Gasteiger partial charge is 0.309 e. The number of fused-ring (bicyclic) bond motifs is 2. The molecular formula is C30H34N6O4. The van der Waals surface area contributed by atoms with Crippen LogP contribution >= 0.6 is 0 Å². The zero-order chi connectivity index (χ0) is 27.2. The van der Waals surface area contributed by atoms with Crippen LogP contribution in [0.3, 0.4) is 0 Å². The van der Waals surface area contributed by atoms with Gasteiger partial charge in [-0.05, 0) is 62.4 Å². The number of esters is 1. The molecule has 1 aromatic carbocycles. The van der Waals surface area contributed by atoms with E-state index in [1.54, 1.807) is 6.20 Å². The lowest BCUT2D eigenvalue weighted by Gasteiger charge is -2.33. The summed E-state index contributed by atoms with van der Waals surface area (Å²) in [6.07, 6.45) is 7.68. The van der Waals surface area contributed by atoms with E-state index in [1.807, 2.05) is 30.0 Å². The lowest BCUT2D eigenvalue weighted by atomic mass is 10.1. The number of rotatable bonds is 7. The fourth-order valence-corrected chi connectivity index (χ4v) is 6.21. The van der Waals surface area contributed by atoms with Crippen LogP contribution in [0.4, 0.5) is 5.95 Å². The molecule has 2 aromatic heterocycles. The van der Waals surface area contributed by atoms with Gasteiger partial charge in [0.25, 0.3) is 0 Å². The van der Waals surface area contributed by atoms with Gasteiger partial charge >= 0.3 is 5.97 Å². The van der Waals surface area contributed by atoms with Crippen molar-refractivity contribution in [3.8, 4) is 23.0 Å². The number of amides is 1. The van der Waals surface area contributed by atoms with Crippen molar-refractivity contribution in [1.29, 1.82) is 0 Å². The summed E-state index contributed by atoms with van der Waals surface area (Å²) in [5, 5.41) is 3.49. The molecule has 10 nitrogen and oxygen atoms in total. The standard InChI is InChI=1S/C30H34N6O4/c1-2-39-29(38)21-15-23-24(16-21)36(27(33-23)20-7-8-25-19(14-20)10-13-40-25)26-9-11-31-30(34-26)32-22-4-3-12-35(17-22)28(37)18-5-6-18/h7-9,11,14,18,21-22H,2-6,10,12-13,15-17H2,1H3,(H,31,32,34)/t21?,22-/m0/s1. The van der Waals surface area contributed by atoms with Crippen LogP contribution in [0.2, 0.25) is 0 Å². The fraction of sp³-hybridized carbons (Fsp3) is 0.500. The molecule has 2 aliphatic heterocycles. The molecule has 1 amide bonds. The van der Waals surface area contributed by atoms with Gasteiger partial charge in [-0.25, -0.2) is 9.97 Å². The van der Waals surface area contributed by atoms with E-state index in [2.05, 4.69) is 20.9 Å². The first-order valence-corrected chi connectivity index (χ1v) is 14.5. The second kappa shape index (κ2) is 10.2. The number of nitrogens with one attached hydrogen (secondary N) is 1. The highest BCUT2D eigenvalue weighted by atomic mass is 16.5. The summed E-state index contributed by atoms with van der Waals surface area (Å²) in [6.45, 7) is 4.38. The van der Waals surface area contributed by atoms with E-state index in [0.717, 1.165) is 67.2 Å². The molecule has 7 rings (SSSR count). The molecule has 10 heteroatoms. The Balaban J connectivity index is 1.20. The Bertz CT molecular complexity index is 1460. The van der Waals surface area contributed by atoms with Crippen LogP contribution < -0.4 is 10.1 Å². The topological polar surface area (TPSA) is 111 Å². The van der Waals surface area contributed by atoms with Gasteiger partial charge in [-0.15, -0.1) is 0 Å². The summed E-state index contributed by atoms with van der Waals surface area (Å²) in [5.74, 6) is 3.03. The van der Waals surface area contributed by atoms with E-state index in [1.165, 1.54) is 5.56 Å². The van der Waals surface area contributed by atoms with E-state index in [9.17, 15) is 9.59 Å². The van der Waals surface area contributed by atoms with Crippen molar-refractivity contribution in [2.24, 2.45) is 11.8 Å². The van der Waals surface area contributed by atoms with E-state index in [-0.39, 0.29) is 29.8 Å². The molecule has 4 aliphatic rings. The maximum Gasteiger partial charge on any atom is 0.309 e. The average molecular weight is 543 g/mol. The normalized spacial score (nSPS) is 21.5. The van der Waals surface area contributed by atoms with Crippen LogP contribution in [0.5, 0.6) is 5.75 Å². The number of piperidine rings is 1. The first kappa shape index (κ1) is 25.0. The van der Waals surface area contributed by atoms with Crippen molar-refractivity contribution in [1.82, 2.24) is 24.4 Å². The Morgan fingerprint density at radius 2 is 2.02 bits per heavy atom. The molecule has 1 N–H and O–H groups in total. The molecule has 1 saturated heterocycles. The van der Waals surface area contributed by atoms with Gasteiger partial charge in [-0.1, -0.05) is 0 Å². The molecule has 0 radical (unpaired) electrons. The number of carbonyl (C=O) groups is 2. The van der Waals surface area contributed by atoms with Crippen molar-refractivity contribution in [2.75, 3.05) is 31.6 Å². The minimum Gasteiger partial charge on any atom is -0.493 e. The van der Waals surface area contributed by atoms with Crippen molar-refractivity contribution in [3.63, 3.8) is 0 Å². The molecule has 2 atom stereocenters. The largest absolute Gasteiger partial charge is 0.493 e. The number of likely N-dealkylation sites (tertiary alicyclic amines) is 1. The Morgan fingerprint density at radius 3 is 2.88 bits per heavy atom. The van der Waals surface area contributed by atoms with Crippen LogP contribution in [0.1, 0.15) is 49.6 Å². The molecule has 0 bridgehead atoms. The van der Waals surface area contributed by atoms with Gasteiger partial charge in [0.15, 0.2) is 0 Å². The maximum atomic E-state index is 12.7. The van der Waals surface area contributed by atoms with Gasteiger partial charge in [0.05, 0.1) is 24.8 Å². The molecule has 1 unspecified atom stereocenters. The van der Waals surface area contributed by atoms with Crippen LogP contribution in [0.15, 0.2) is 30.5 Å². The average Bonchev–Trinajstić information content (AvgIpc) is 3.40. The zero-order valence-electron chi connectivity index (χ0n) is 22.8. The van der Waals surface area contributed by atoms with Crippen molar-refractivity contribution >= 4 is 17.8 Å². The Labute approximate surface area is 233 Å². The number of imidazole rings is 1. The van der Waals surface area contributed by atoms with E-state index in [0.29, 0.717) is 44.4 Å². The predicted octanol–water partition coefficient (Wildman–Crippen LogP) is 3.36. The first-order chi connectivity index (χ1) is 19.6. The number of hydrogen-bond acceptors (Lipinski definition) is 8. The summed E-state index contributed by atoms with van der Waals surface area (Å²) in [4.78, 5) is 41.7. The highest BCUT2D eigenvalue weighted by molar-refractivity contribution is 5.81. The lowest BCUT2D eigenvalue weighted by molar-refractivity contribution is -0.147. The second-order valence-corrected chi connectivity index (χ2v) is 11.2. The minimum absolute atomic E-state index is 0.101. The third-order valence-corrected chi connectivity index (χ3v) is 8.37. The molecular weight excluding hydrogens is 508 g/mol. The van der Waals surface area contributed by atoms with Crippen molar-refractivity contribution in [3.05, 3.63) is 47.4 Å². The number of aromatic nitrogens is 4. The molecule has 3 aromatic rings. The minimum atomic E-state index is -0.247. The highest BCUT2D eigenvalue weighted by Gasteiger charge is 2.36. The Morgan fingerprint density at radius 1 is 1.12 bits per heavy atom. The van der Waals surface area contributed by atoms with Gasteiger partial charge in [0.2, 0.25) is 11.9 Å². The SMILES string of the molecule is CCOC(=O)C1Cc2nc(-c3ccc4c(c3)CCO4)n(-c3ccnc(N[C@H]4CCCN(C(=O)C5CC5)C4)n3)c2C1. The van der Waals surface area contributed by atoms with Gasteiger partial charge in [0, 0.05) is 61.8 Å². The number of nitrogens with zero attached hydrogens (tertiary/aromatic N) is 5. The van der Waals surface area contributed by atoms with Gasteiger partial charge in [0.1, 0.15) is 17.4 Å². The predicted molar refractivity (Wildman–Crippen MR) is 147 cm³/mol. The monoisotopic (exact) mass is 542 g/mol. The molecule has 0 spiro atoms. The van der Waals surface area contributed by atoms with Gasteiger partial charge in [-0.2, -0.15) is 4.98 Å². The van der Waals surface area contributed by atoms with Gasteiger partial charge < -0.3 is 19.7 Å². The number of carbonyl (C=O) groups excluding carboxylic acids is 2. The maximum absolute atomic E-state index is 12.7. The highest BCUT2D eigenvalue weighted by Crippen LogP contribution is 2.37. The molecule has 40 heavy (non-hydrogen) atoms. The second-order valence-electron chi connectivity index (χ2n) is 11.2. The summed E-state index contributed by atoms with van der Waals surface area (Å²) in [6, 6.07) is 8.18. The number of benzene rings is 1. The number of anilines is 1. The molecule has 4 heterocycles. The zero-order valence-corrected chi connectivity index (χ0v) is 22.8. The van der Waals surface area contributed by atoms with Crippen molar-refractivity contribution < 1.29 is 19.1 Å². The quantitative estimate of drug-likeness (QED) is 0.453. The number of hydrogen-bond donors (Lipinski definition) is 1. The summed E-state index contributed by atoms with van der Waals surface area (Å²) in [5.41, 5.74) is 4.04. The third kappa shape index (κ3) is 4.69. The molecule has 208 valence electrons. The first-order valence-electron chi connectivity index (χ1n) is 14.5. The van der Waals surface area contributed by atoms with E-state index >= 15 is 0 Å². The number of ether oxygens (including phenoxy) is 2. The Hall–Kier alpha value is -3.95. The van der Waals surface area contributed by atoms with Gasteiger partial charge in [-0.3, -0.25) is 14.2 Å². The third-order valence-electron chi connectivity index (χ3n) is 8.37. The lowest BCUT2D eigenvalue weighted by Crippen LogP contribution is -2.45.